The Labute approximate surface area is 108 Å². The van der Waals surface area contributed by atoms with Crippen LogP contribution in [0.3, 0.4) is 0 Å². The summed E-state index contributed by atoms with van der Waals surface area (Å²) in [6, 6.07) is 2.28. The van der Waals surface area contributed by atoms with Crippen molar-refractivity contribution < 1.29 is 0 Å². The maximum atomic E-state index is 3.62. The molecular weight excluding hydrogens is 228 g/mol. The van der Waals surface area contributed by atoms with E-state index in [1.165, 1.54) is 50.8 Å². The van der Waals surface area contributed by atoms with Crippen LogP contribution in [0.5, 0.6) is 0 Å². The number of nitrogens with one attached hydrogen (secondary N) is 1. The topological polar surface area (TPSA) is 15.3 Å². The smallest absolute Gasteiger partial charge is 0.0338 e. The molecule has 0 atom stereocenters. The molecule has 1 aliphatic heterocycles. The molecule has 2 fully saturated rings. The average molecular weight is 250 g/mol. The molecule has 1 saturated heterocycles. The first kappa shape index (κ1) is 11.7. The standard InChI is InChI=1S/C14H22N2S/c1-2-5-14(6-3-1)12-15-7-8-16(14)10-13-4-9-17-11-13/h4,9,11,15H,1-3,5-8,10,12H2. The summed E-state index contributed by atoms with van der Waals surface area (Å²) < 4.78 is 0. The monoisotopic (exact) mass is 250 g/mol. The van der Waals surface area contributed by atoms with Crippen LogP contribution in [0.25, 0.3) is 0 Å². The van der Waals surface area contributed by atoms with E-state index >= 15 is 0 Å². The van der Waals surface area contributed by atoms with E-state index in [1.807, 2.05) is 11.3 Å². The number of thiophene rings is 1. The van der Waals surface area contributed by atoms with Gasteiger partial charge in [0.1, 0.15) is 0 Å². The van der Waals surface area contributed by atoms with E-state index in [0.717, 1.165) is 13.1 Å². The molecule has 1 aliphatic carbocycles. The van der Waals surface area contributed by atoms with Crippen molar-refractivity contribution >= 4 is 11.3 Å². The molecule has 1 aromatic heterocycles. The first-order chi connectivity index (χ1) is 8.39. The van der Waals surface area contributed by atoms with Crippen LogP contribution in [0.2, 0.25) is 0 Å². The molecule has 2 nitrogen and oxygen atoms in total. The third-order valence-electron chi connectivity index (χ3n) is 4.42. The third-order valence-corrected chi connectivity index (χ3v) is 5.15. The molecule has 1 N–H and O–H groups in total. The van der Waals surface area contributed by atoms with Crippen LogP contribution in [-0.2, 0) is 6.54 Å². The van der Waals surface area contributed by atoms with Gasteiger partial charge in [0.15, 0.2) is 0 Å². The van der Waals surface area contributed by atoms with Gasteiger partial charge >= 0.3 is 0 Å². The van der Waals surface area contributed by atoms with Crippen molar-refractivity contribution in [3.05, 3.63) is 22.4 Å². The van der Waals surface area contributed by atoms with Gasteiger partial charge in [-0.3, -0.25) is 4.90 Å². The first-order valence-electron chi connectivity index (χ1n) is 6.86. The highest BCUT2D eigenvalue weighted by Gasteiger charge is 2.39. The van der Waals surface area contributed by atoms with Crippen LogP contribution in [0, 0.1) is 0 Å². The van der Waals surface area contributed by atoms with E-state index in [9.17, 15) is 0 Å². The number of hydrogen-bond donors (Lipinski definition) is 1. The lowest BCUT2D eigenvalue weighted by molar-refractivity contribution is 0.0210. The Morgan fingerprint density at radius 1 is 1.29 bits per heavy atom. The second-order valence-electron chi connectivity index (χ2n) is 5.51. The van der Waals surface area contributed by atoms with E-state index in [2.05, 4.69) is 27.0 Å². The van der Waals surface area contributed by atoms with Crippen LogP contribution >= 0.6 is 11.3 Å². The third kappa shape index (κ3) is 2.42. The highest BCUT2D eigenvalue weighted by atomic mass is 32.1. The van der Waals surface area contributed by atoms with Crippen LogP contribution in [0.15, 0.2) is 16.8 Å². The number of hydrogen-bond acceptors (Lipinski definition) is 3. The maximum Gasteiger partial charge on any atom is 0.0338 e. The highest BCUT2D eigenvalue weighted by molar-refractivity contribution is 7.07. The minimum Gasteiger partial charge on any atom is -0.314 e. The van der Waals surface area contributed by atoms with Crippen molar-refractivity contribution in [2.45, 2.75) is 44.2 Å². The Morgan fingerprint density at radius 3 is 2.94 bits per heavy atom. The predicted octanol–water partition coefficient (Wildman–Crippen LogP) is 2.86. The molecule has 1 saturated carbocycles. The Morgan fingerprint density at radius 2 is 2.18 bits per heavy atom. The normalized spacial score (nSPS) is 25.2. The van der Waals surface area contributed by atoms with E-state index in [-0.39, 0.29) is 0 Å². The lowest BCUT2D eigenvalue weighted by atomic mass is 9.79. The first-order valence-corrected chi connectivity index (χ1v) is 7.80. The van der Waals surface area contributed by atoms with Crippen molar-refractivity contribution in [1.29, 1.82) is 0 Å². The Balaban J connectivity index is 1.75. The molecule has 3 heteroatoms. The Kier molecular flexibility index (Phi) is 3.50. The van der Waals surface area contributed by atoms with Gasteiger partial charge in [0.25, 0.3) is 0 Å². The summed E-state index contributed by atoms with van der Waals surface area (Å²) in [5.74, 6) is 0. The number of rotatable bonds is 2. The van der Waals surface area contributed by atoms with Gasteiger partial charge in [0.2, 0.25) is 0 Å². The predicted molar refractivity (Wildman–Crippen MR) is 73.4 cm³/mol. The minimum atomic E-state index is 0.471. The molecule has 0 amide bonds. The zero-order chi connectivity index (χ0) is 11.6. The van der Waals surface area contributed by atoms with Crippen molar-refractivity contribution in [2.75, 3.05) is 19.6 Å². The van der Waals surface area contributed by atoms with Crippen LogP contribution in [-0.4, -0.2) is 30.1 Å². The molecule has 3 rings (SSSR count). The molecule has 94 valence electrons. The summed E-state index contributed by atoms with van der Waals surface area (Å²) in [6.07, 6.45) is 7.06. The van der Waals surface area contributed by atoms with Crippen molar-refractivity contribution in [2.24, 2.45) is 0 Å². The summed E-state index contributed by atoms with van der Waals surface area (Å²) >= 11 is 1.82. The van der Waals surface area contributed by atoms with Crippen molar-refractivity contribution in [3.8, 4) is 0 Å². The number of piperazine rings is 1. The summed E-state index contributed by atoms with van der Waals surface area (Å²) in [5, 5.41) is 8.12. The van der Waals surface area contributed by atoms with Gasteiger partial charge in [-0.1, -0.05) is 19.3 Å². The second-order valence-corrected chi connectivity index (χ2v) is 6.29. The van der Waals surface area contributed by atoms with E-state index in [1.54, 1.807) is 0 Å². The molecule has 0 radical (unpaired) electrons. The van der Waals surface area contributed by atoms with Crippen molar-refractivity contribution in [3.63, 3.8) is 0 Å². The minimum absolute atomic E-state index is 0.471. The fraction of sp³-hybridized carbons (Fsp3) is 0.714. The average Bonchev–Trinajstić information content (AvgIpc) is 2.86. The molecule has 17 heavy (non-hydrogen) atoms. The zero-order valence-corrected chi connectivity index (χ0v) is 11.3. The van der Waals surface area contributed by atoms with Gasteiger partial charge in [-0.05, 0) is 35.2 Å². The molecule has 1 aromatic rings. The lowest BCUT2D eigenvalue weighted by Gasteiger charge is -2.50. The summed E-state index contributed by atoms with van der Waals surface area (Å²) in [4.78, 5) is 2.75. The van der Waals surface area contributed by atoms with Gasteiger partial charge in [-0.25, -0.2) is 0 Å². The Bertz CT molecular complexity index is 333. The largest absolute Gasteiger partial charge is 0.314 e. The fourth-order valence-corrected chi connectivity index (χ4v) is 4.10. The van der Waals surface area contributed by atoms with Crippen LogP contribution in [0.4, 0.5) is 0 Å². The van der Waals surface area contributed by atoms with Crippen LogP contribution in [0.1, 0.15) is 37.7 Å². The second kappa shape index (κ2) is 5.09. The molecular formula is C14H22N2S. The molecule has 0 bridgehead atoms. The summed E-state index contributed by atoms with van der Waals surface area (Å²) in [6.45, 7) is 4.74. The molecule has 1 spiro atoms. The maximum absolute atomic E-state index is 3.62. The summed E-state index contributed by atoms with van der Waals surface area (Å²) in [7, 11) is 0. The van der Waals surface area contributed by atoms with E-state index in [0.29, 0.717) is 5.54 Å². The van der Waals surface area contributed by atoms with Gasteiger partial charge in [-0.2, -0.15) is 11.3 Å². The molecule has 0 unspecified atom stereocenters. The van der Waals surface area contributed by atoms with Gasteiger partial charge in [0.05, 0.1) is 0 Å². The van der Waals surface area contributed by atoms with Gasteiger partial charge < -0.3 is 5.32 Å². The SMILES string of the molecule is c1cc(CN2CCNCC23CCCCC3)cs1. The number of nitrogens with zero attached hydrogens (tertiary/aromatic N) is 1. The molecule has 2 heterocycles. The van der Waals surface area contributed by atoms with Crippen molar-refractivity contribution in [1.82, 2.24) is 10.2 Å². The highest BCUT2D eigenvalue weighted by Crippen LogP contribution is 2.35. The van der Waals surface area contributed by atoms with Crippen LogP contribution < -0.4 is 5.32 Å². The van der Waals surface area contributed by atoms with E-state index in [4.69, 9.17) is 0 Å². The summed E-state index contributed by atoms with van der Waals surface area (Å²) in [5.41, 5.74) is 1.97. The molecule has 2 aliphatic rings. The molecule has 0 aromatic carbocycles. The Hall–Kier alpha value is -0.380. The van der Waals surface area contributed by atoms with Gasteiger partial charge in [-0.15, -0.1) is 0 Å². The fourth-order valence-electron chi connectivity index (χ4n) is 3.44. The lowest BCUT2D eigenvalue weighted by Crippen LogP contribution is -2.61. The quantitative estimate of drug-likeness (QED) is 0.868. The zero-order valence-electron chi connectivity index (χ0n) is 10.5. The van der Waals surface area contributed by atoms with Gasteiger partial charge in [0, 0.05) is 31.7 Å². The van der Waals surface area contributed by atoms with E-state index < -0.39 is 0 Å².